The minimum absolute atomic E-state index is 0.373. The van der Waals surface area contributed by atoms with E-state index in [1.807, 2.05) is 30.0 Å². The second-order valence-electron chi connectivity index (χ2n) is 9.46. The summed E-state index contributed by atoms with van der Waals surface area (Å²) in [6, 6.07) is 32.6. The Kier molecular flexibility index (Phi) is 6.46. The Bertz CT molecular complexity index is 1180. The molecule has 1 atom stereocenters. The summed E-state index contributed by atoms with van der Waals surface area (Å²) in [4.78, 5) is 3.70. The molecular weight excluding hydrogens is 434 g/mol. The molecule has 1 fully saturated rings. The molecule has 170 valence electrons. The molecule has 3 nitrogen and oxygen atoms in total. The largest absolute Gasteiger partial charge is 0.303 e. The second-order valence-corrected chi connectivity index (χ2v) is 10.5. The van der Waals surface area contributed by atoms with Crippen molar-refractivity contribution in [1.29, 1.82) is 10.5 Å². The zero-order chi connectivity index (χ0) is 23.4. The third-order valence-corrected chi connectivity index (χ3v) is 8.80. The summed E-state index contributed by atoms with van der Waals surface area (Å²) in [5.41, 5.74) is 3.74. The number of nitrogens with zero attached hydrogens (tertiary/aromatic N) is 3. The van der Waals surface area contributed by atoms with E-state index in [1.54, 1.807) is 0 Å². The van der Waals surface area contributed by atoms with Gasteiger partial charge in [-0.3, -0.25) is 0 Å². The van der Waals surface area contributed by atoms with Gasteiger partial charge < -0.3 is 4.90 Å². The molecular formula is C30H29N3S. The predicted octanol–water partition coefficient (Wildman–Crippen LogP) is 6.44. The van der Waals surface area contributed by atoms with Gasteiger partial charge in [-0.05, 0) is 73.6 Å². The SMILES string of the molecule is N#CC1(c2ccccc2)CCN(CCCC2(C#N)c3ccccc3CSc3ccccc32)CC1. The van der Waals surface area contributed by atoms with Crippen LogP contribution in [0.3, 0.4) is 0 Å². The van der Waals surface area contributed by atoms with E-state index in [2.05, 4.69) is 77.7 Å². The Morgan fingerprint density at radius 3 is 2.21 bits per heavy atom. The molecule has 34 heavy (non-hydrogen) atoms. The van der Waals surface area contributed by atoms with Gasteiger partial charge in [-0.2, -0.15) is 10.5 Å². The Labute approximate surface area is 207 Å². The summed E-state index contributed by atoms with van der Waals surface area (Å²) in [5.74, 6) is 0.901. The zero-order valence-electron chi connectivity index (χ0n) is 19.4. The average Bonchev–Trinajstić information content (AvgIpc) is 3.05. The molecule has 2 aliphatic rings. The number of rotatable bonds is 5. The van der Waals surface area contributed by atoms with E-state index < -0.39 is 5.41 Å². The van der Waals surface area contributed by atoms with Crippen molar-refractivity contribution in [2.45, 2.75) is 47.2 Å². The van der Waals surface area contributed by atoms with E-state index in [0.717, 1.165) is 62.2 Å². The first-order valence-electron chi connectivity index (χ1n) is 12.1. The lowest BCUT2D eigenvalue weighted by Crippen LogP contribution is -2.42. The third-order valence-electron chi connectivity index (χ3n) is 7.67. The van der Waals surface area contributed by atoms with Crippen molar-refractivity contribution in [2.75, 3.05) is 19.6 Å². The number of fused-ring (bicyclic) bond motifs is 2. The maximum atomic E-state index is 10.6. The van der Waals surface area contributed by atoms with Gasteiger partial charge in [0.25, 0.3) is 0 Å². The van der Waals surface area contributed by atoms with Gasteiger partial charge in [0.2, 0.25) is 0 Å². The normalized spacial score (nSPS) is 21.4. The van der Waals surface area contributed by atoms with Crippen molar-refractivity contribution in [3.63, 3.8) is 0 Å². The van der Waals surface area contributed by atoms with E-state index in [4.69, 9.17) is 0 Å². The summed E-state index contributed by atoms with van der Waals surface area (Å²) in [5, 5.41) is 20.6. The average molecular weight is 464 g/mol. The summed E-state index contributed by atoms with van der Waals surface area (Å²) in [6.07, 6.45) is 3.47. The highest BCUT2D eigenvalue weighted by molar-refractivity contribution is 7.98. The fourth-order valence-electron chi connectivity index (χ4n) is 5.70. The number of benzene rings is 3. The van der Waals surface area contributed by atoms with Crippen LogP contribution >= 0.6 is 11.8 Å². The fraction of sp³-hybridized carbons (Fsp3) is 0.333. The Balaban J connectivity index is 1.32. The third kappa shape index (κ3) is 4.03. The van der Waals surface area contributed by atoms with Crippen LogP contribution in [0.5, 0.6) is 0 Å². The lowest BCUT2D eigenvalue weighted by molar-refractivity contribution is 0.181. The summed E-state index contributed by atoms with van der Waals surface area (Å²) in [6.45, 7) is 2.80. The molecule has 0 aromatic heterocycles. The summed E-state index contributed by atoms with van der Waals surface area (Å²) < 4.78 is 0. The van der Waals surface area contributed by atoms with Gasteiger partial charge in [-0.25, -0.2) is 0 Å². The van der Waals surface area contributed by atoms with Crippen LogP contribution in [0, 0.1) is 22.7 Å². The highest BCUT2D eigenvalue weighted by Crippen LogP contribution is 2.47. The first-order chi connectivity index (χ1) is 16.7. The Morgan fingerprint density at radius 1 is 0.794 bits per heavy atom. The topological polar surface area (TPSA) is 50.8 Å². The first-order valence-corrected chi connectivity index (χ1v) is 13.1. The molecule has 3 aromatic rings. The van der Waals surface area contributed by atoms with Crippen LogP contribution in [0.15, 0.2) is 83.8 Å². The minimum Gasteiger partial charge on any atom is -0.303 e. The van der Waals surface area contributed by atoms with Crippen LogP contribution in [0.2, 0.25) is 0 Å². The van der Waals surface area contributed by atoms with Crippen LogP contribution in [-0.4, -0.2) is 24.5 Å². The molecule has 2 heterocycles. The van der Waals surface area contributed by atoms with E-state index in [-0.39, 0.29) is 5.41 Å². The number of likely N-dealkylation sites (tertiary alicyclic amines) is 1. The Hall–Kier alpha value is -3.05. The van der Waals surface area contributed by atoms with Gasteiger partial charge in [0.05, 0.1) is 17.6 Å². The van der Waals surface area contributed by atoms with Crippen molar-refractivity contribution >= 4 is 11.8 Å². The smallest absolute Gasteiger partial charge is 0.109 e. The van der Waals surface area contributed by atoms with Crippen LogP contribution in [0.25, 0.3) is 0 Å². The lowest BCUT2D eigenvalue weighted by atomic mass is 9.71. The molecule has 0 saturated carbocycles. The van der Waals surface area contributed by atoms with Gasteiger partial charge in [0, 0.05) is 10.6 Å². The predicted molar refractivity (Wildman–Crippen MR) is 137 cm³/mol. The lowest BCUT2D eigenvalue weighted by Gasteiger charge is -2.38. The van der Waals surface area contributed by atoms with Gasteiger partial charge in [-0.1, -0.05) is 72.8 Å². The molecule has 2 aliphatic heterocycles. The Morgan fingerprint density at radius 2 is 1.47 bits per heavy atom. The van der Waals surface area contributed by atoms with Crippen LogP contribution < -0.4 is 0 Å². The molecule has 1 unspecified atom stereocenters. The molecule has 0 radical (unpaired) electrons. The van der Waals surface area contributed by atoms with Crippen LogP contribution in [0.4, 0.5) is 0 Å². The molecule has 0 amide bonds. The molecule has 0 spiro atoms. The number of nitriles is 2. The zero-order valence-corrected chi connectivity index (χ0v) is 20.2. The first kappa shape index (κ1) is 22.7. The maximum absolute atomic E-state index is 10.6. The standard InChI is InChI=1S/C30H29N3S/c31-22-29(25-10-2-1-3-11-25)16-19-33(20-17-29)18-8-15-30(23-32)26-12-5-4-9-24(26)21-34-28-14-7-6-13-27(28)30/h1-7,9-14H,8,15-21H2. The van der Waals surface area contributed by atoms with Gasteiger partial charge in [0.1, 0.15) is 5.41 Å². The highest BCUT2D eigenvalue weighted by atomic mass is 32.2. The molecule has 4 heteroatoms. The monoisotopic (exact) mass is 463 g/mol. The van der Waals surface area contributed by atoms with Crippen molar-refractivity contribution in [1.82, 2.24) is 4.90 Å². The maximum Gasteiger partial charge on any atom is 0.109 e. The number of piperidine rings is 1. The van der Waals surface area contributed by atoms with E-state index >= 15 is 0 Å². The van der Waals surface area contributed by atoms with Crippen molar-refractivity contribution in [3.8, 4) is 12.1 Å². The van der Waals surface area contributed by atoms with Crippen molar-refractivity contribution < 1.29 is 0 Å². The van der Waals surface area contributed by atoms with Crippen molar-refractivity contribution in [2.24, 2.45) is 0 Å². The number of thioether (sulfide) groups is 1. The van der Waals surface area contributed by atoms with E-state index in [9.17, 15) is 10.5 Å². The number of hydrogen-bond acceptors (Lipinski definition) is 4. The van der Waals surface area contributed by atoms with E-state index in [0.29, 0.717) is 0 Å². The summed E-state index contributed by atoms with van der Waals surface area (Å²) in [7, 11) is 0. The molecule has 3 aromatic carbocycles. The number of hydrogen-bond donors (Lipinski definition) is 0. The van der Waals surface area contributed by atoms with Crippen molar-refractivity contribution in [3.05, 3.63) is 101 Å². The van der Waals surface area contributed by atoms with Crippen LogP contribution in [0.1, 0.15) is 47.9 Å². The molecule has 0 bridgehead atoms. The molecule has 1 saturated heterocycles. The second kappa shape index (κ2) is 9.67. The highest BCUT2D eigenvalue weighted by Gasteiger charge is 2.40. The van der Waals surface area contributed by atoms with E-state index in [1.165, 1.54) is 16.0 Å². The van der Waals surface area contributed by atoms with Crippen LogP contribution in [-0.2, 0) is 16.6 Å². The minimum atomic E-state index is -0.618. The quantitative estimate of drug-likeness (QED) is 0.437. The fourth-order valence-corrected chi connectivity index (χ4v) is 6.84. The van der Waals surface area contributed by atoms with Gasteiger partial charge in [-0.15, -0.1) is 11.8 Å². The summed E-state index contributed by atoms with van der Waals surface area (Å²) >= 11 is 1.84. The molecule has 5 rings (SSSR count). The van der Waals surface area contributed by atoms with Gasteiger partial charge >= 0.3 is 0 Å². The molecule has 0 N–H and O–H groups in total. The molecule has 0 aliphatic carbocycles. The van der Waals surface area contributed by atoms with Gasteiger partial charge in [0.15, 0.2) is 0 Å².